The maximum Gasteiger partial charge on any atom is 0.133 e. The van der Waals surface area contributed by atoms with Crippen molar-refractivity contribution in [1.29, 1.82) is 0 Å². The van der Waals surface area contributed by atoms with Crippen LogP contribution in [0.5, 0.6) is 0 Å². The molecule has 2 heterocycles. The molecule has 5 heteroatoms. The third-order valence-corrected chi connectivity index (χ3v) is 1.91. The van der Waals surface area contributed by atoms with Gasteiger partial charge >= 0.3 is 0 Å². The first kappa shape index (κ1) is 10.1. The highest BCUT2D eigenvalue weighted by Crippen LogP contribution is 2.08. The second kappa shape index (κ2) is 4.88. The van der Waals surface area contributed by atoms with Gasteiger partial charge in [0.1, 0.15) is 18.2 Å². The van der Waals surface area contributed by atoms with E-state index in [4.69, 9.17) is 5.21 Å². The van der Waals surface area contributed by atoms with E-state index in [0.717, 1.165) is 15.8 Å². The molecular formula is C11H10N4O. The number of imidazole rings is 1. The molecule has 1 N–H and O–H groups in total. The average Bonchev–Trinajstić information content (AvgIpc) is 2.75. The summed E-state index contributed by atoms with van der Waals surface area (Å²) in [6, 6.07) is 9.18. The highest BCUT2D eigenvalue weighted by molar-refractivity contribution is 5.74. The molecule has 3 rings (SSSR count). The first-order chi connectivity index (χ1) is 7.88. The summed E-state index contributed by atoms with van der Waals surface area (Å²) in [7, 11) is 0. The second-order valence-electron chi connectivity index (χ2n) is 2.98. The molecule has 0 bridgehead atoms. The summed E-state index contributed by atoms with van der Waals surface area (Å²) >= 11 is 0. The van der Waals surface area contributed by atoms with E-state index in [0.29, 0.717) is 0 Å². The van der Waals surface area contributed by atoms with Crippen molar-refractivity contribution in [3.63, 3.8) is 0 Å². The lowest BCUT2D eigenvalue weighted by Crippen LogP contribution is -1.83. The van der Waals surface area contributed by atoms with Crippen LogP contribution in [0.1, 0.15) is 0 Å². The van der Waals surface area contributed by atoms with E-state index in [2.05, 4.69) is 15.0 Å². The Balaban J connectivity index is 0.000000138. The van der Waals surface area contributed by atoms with Gasteiger partial charge in [0.05, 0.1) is 5.52 Å². The number of nitrogens with zero attached hydrogens (tertiary/aromatic N) is 4. The zero-order chi connectivity index (χ0) is 11.2. The van der Waals surface area contributed by atoms with Crippen molar-refractivity contribution in [3.8, 4) is 0 Å². The van der Waals surface area contributed by atoms with Crippen LogP contribution in [0.4, 0.5) is 0 Å². The summed E-state index contributed by atoms with van der Waals surface area (Å²) in [6.45, 7) is 0. The van der Waals surface area contributed by atoms with E-state index < -0.39 is 0 Å². The highest BCUT2D eigenvalue weighted by atomic mass is 16.5. The van der Waals surface area contributed by atoms with Gasteiger partial charge in [0, 0.05) is 12.4 Å². The smallest absolute Gasteiger partial charge is 0.133 e. The predicted octanol–water partition coefficient (Wildman–Crippen LogP) is 1.75. The number of rotatable bonds is 0. The Morgan fingerprint density at radius 1 is 1.00 bits per heavy atom. The van der Waals surface area contributed by atoms with E-state index in [1.807, 2.05) is 24.3 Å². The molecule has 2 aromatic heterocycles. The molecule has 0 aliphatic heterocycles. The Morgan fingerprint density at radius 3 is 2.31 bits per heavy atom. The molecule has 80 valence electrons. The highest BCUT2D eigenvalue weighted by Gasteiger charge is 1.96. The summed E-state index contributed by atoms with van der Waals surface area (Å²) in [5, 5.41) is 9.07. The van der Waals surface area contributed by atoms with Crippen molar-refractivity contribution in [1.82, 2.24) is 19.7 Å². The number of hydrogen-bond acceptors (Lipinski definition) is 4. The fourth-order valence-corrected chi connectivity index (χ4v) is 1.20. The molecule has 0 radical (unpaired) electrons. The van der Waals surface area contributed by atoms with Crippen molar-refractivity contribution in [2.24, 2.45) is 0 Å². The number of aromatic nitrogens is 4. The summed E-state index contributed by atoms with van der Waals surface area (Å²) in [5.41, 5.74) is 1.55. The predicted molar refractivity (Wildman–Crippen MR) is 58.9 cm³/mol. The van der Waals surface area contributed by atoms with Crippen LogP contribution in [0.15, 0.2) is 55.4 Å². The zero-order valence-corrected chi connectivity index (χ0v) is 8.43. The van der Waals surface area contributed by atoms with Gasteiger partial charge in [-0.3, -0.25) is 0 Å². The third-order valence-electron chi connectivity index (χ3n) is 1.91. The Bertz CT molecular complexity index is 523. The van der Waals surface area contributed by atoms with Gasteiger partial charge in [-0.1, -0.05) is 12.1 Å². The molecular weight excluding hydrogens is 204 g/mol. The Hall–Kier alpha value is -2.43. The molecule has 0 saturated heterocycles. The van der Waals surface area contributed by atoms with E-state index in [1.165, 1.54) is 12.7 Å². The lowest BCUT2D eigenvalue weighted by Gasteiger charge is -1.88. The molecule has 0 spiro atoms. The first-order valence-corrected chi connectivity index (χ1v) is 4.69. The lowest BCUT2D eigenvalue weighted by atomic mass is 10.3. The fourth-order valence-electron chi connectivity index (χ4n) is 1.20. The number of benzene rings is 1. The lowest BCUT2D eigenvalue weighted by molar-refractivity contribution is 0.198. The van der Waals surface area contributed by atoms with Gasteiger partial charge in [-0.25, -0.2) is 15.0 Å². The van der Waals surface area contributed by atoms with Gasteiger partial charge in [-0.2, -0.15) is 4.73 Å². The maximum atomic E-state index is 9.07. The Labute approximate surface area is 92.0 Å². The summed E-state index contributed by atoms with van der Waals surface area (Å²) < 4.78 is 1.01. The minimum Gasteiger partial charge on any atom is -0.427 e. The molecule has 0 amide bonds. The summed E-state index contributed by atoms with van der Waals surface area (Å²) in [6.07, 6.45) is 6.25. The van der Waals surface area contributed by atoms with Gasteiger partial charge in [0.15, 0.2) is 0 Å². The molecule has 1 aromatic carbocycles. The Kier molecular flexibility index (Phi) is 3.08. The molecule has 16 heavy (non-hydrogen) atoms. The number of fused-ring (bicyclic) bond motifs is 1. The van der Waals surface area contributed by atoms with Crippen LogP contribution in [0.2, 0.25) is 0 Å². The van der Waals surface area contributed by atoms with E-state index in [-0.39, 0.29) is 0 Å². The van der Waals surface area contributed by atoms with Gasteiger partial charge in [0.2, 0.25) is 0 Å². The second-order valence-corrected chi connectivity index (χ2v) is 2.98. The van der Waals surface area contributed by atoms with E-state index in [1.54, 1.807) is 18.5 Å². The molecule has 0 unspecified atom stereocenters. The maximum absolute atomic E-state index is 9.07. The van der Waals surface area contributed by atoms with Crippen LogP contribution in [-0.2, 0) is 0 Å². The van der Waals surface area contributed by atoms with Crippen LogP contribution < -0.4 is 0 Å². The monoisotopic (exact) mass is 214 g/mol. The minimum atomic E-state index is 0.738. The molecule has 5 nitrogen and oxygen atoms in total. The number of para-hydroxylation sites is 2. The number of hydrogen-bond donors (Lipinski definition) is 1. The third kappa shape index (κ3) is 2.33. The van der Waals surface area contributed by atoms with Crippen LogP contribution in [-0.4, -0.2) is 24.9 Å². The minimum absolute atomic E-state index is 0.738. The first-order valence-electron chi connectivity index (χ1n) is 4.69. The SMILES string of the molecule is On1cnc2ccccc21.c1cncnc1. The standard InChI is InChI=1S/C7H6N2O.C4H4N2/c10-9-5-8-6-3-1-2-4-7(6)9;1-2-5-4-6-3-1/h1-5,10H;1-4H. The van der Waals surface area contributed by atoms with Crippen LogP contribution in [0, 0.1) is 0 Å². The van der Waals surface area contributed by atoms with Crippen LogP contribution in [0.25, 0.3) is 11.0 Å². The molecule has 0 atom stereocenters. The topological polar surface area (TPSA) is 63.8 Å². The normalized spacial score (nSPS) is 9.50. The van der Waals surface area contributed by atoms with Gasteiger partial charge in [-0.05, 0) is 18.2 Å². The van der Waals surface area contributed by atoms with E-state index in [9.17, 15) is 0 Å². The fraction of sp³-hybridized carbons (Fsp3) is 0. The Morgan fingerprint density at radius 2 is 1.75 bits per heavy atom. The van der Waals surface area contributed by atoms with Crippen molar-refractivity contribution >= 4 is 11.0 Å². The van der Waals surface area contributed by atoms with E-state index >= 15 is 0 Å². The van der Waals surface area contributed by atoms with Gasteiger partial charge < -0.3 is 5.21 Å². The van der Waals surface area contributed by atoms with Crippen LogP contribution in [0.3, 0.4) is 0 Å². The van der Waals surface area contributed by atoms with Crippen LogP contribution >= 0.6 is 0 Å². The molecule has 3 aromatic rings. The van der Waals surface area contributed by atoms with Crippen molar-refractivity contribution in [3.05, 3.63) is 55.4 Å². The quantitative estimate of drug-likeness (QED) is 0.579. The summed E-state index contributed by atoms with van der Waals surface area (Å²) in [4.78, 5) is 11.3. The van der Waals surface area contributed by atoms with Gasteiger partial charge in [0.25, 0.3) is 0 Å². The molecule has 0 saturated carbocycles. The van der Waals surface area contributed by atoms with Crippen molar-refractivity contribution in [2.45, 2.75) is 0 Å². The largest absolute Gasteiger partial charge is 0.427 e. The van der Waals surface area contributed by atoms with Crippen molar-refractivity contribution < 1.29 is 5.21 Å². The zero-order valence-electron chi connectivity index (χ0n) is 8.43. The molecule has 0 fully saturated rings. The van der Waals surface area contributed by atoms with Gasteiger partial charge in [-0.15, -0.1) is 0 Å². The summed E-state index contributed by atoms with van der Waals surface area (Å²) in [5.74, 6) is 0. The van der Waals surface area contributed by atoms with Crippen molar-refractivity contribution in [2.75, 3.05) is 0 Å². The average molecular weight is 214 g/mol. The molecule has 0 aliphatic carbocycles. The molecule has 0 aliphatic rings.